The molecule has 0 saturated carbocycles. The van der Waals surface area contributed by atoms with Crippen LogP contribution in [0.1, 0.15) is 74.1 Å². The summed E-state index contributed by atoms with van der Waals surface area (Å²) < 4.78 is 60.5. The van der Waals surface area contributed by atoms with Crippen LogP contribution in [0.4, 0.5) is 0 Å². The number of benzene rings is 2. The lowest BCUT2D eigenvalue weighted by Gasteiger charge is -2.49. The summed E-state index contributed by atoms with van der Waals surface area (Å²) in [5.74, 6) is -2.76. The first-order chi connectivity index (χ1) is 27.1. The Kier molecular flexibility index (Phi) is 18.0. The molecule has 0 N–H and O–H groups in total. The third kappa shape index (κ3) is 12.4. The molecule has 2 heterocycles. The van der Waals surface area contributed by atoms with E-state index in [1.54, 1.807) is 60.7 Å². The molecule has 56 heavy (non-hydrogen) atoms. The Hall–Kier alpha value is -4.61. The van der Waals surface area contributed by atoms with Crippen molar-refractivity contribution < 1.29 is 66.5 Å². The maximum Gasteiger partial charge on any atom is 0.338 e. The van der Waals surface area contributed by atoms with Crippen LogP contribution >= 0.6 is 0 Å². The molecule has 2 saturated heterocycles. The molecule has 0 aromatic heterocycles. The first-order valence-corrected chi connectivity index (χ1v) is 18.7. The number of rotatable bonds is 20. The summed E-state index contributed by atoms with van der Waals surface area (Å²) in [5, 5.41) is 3.95. The molecule has 2 aromatic rings. The Morgan fingerprint density at radius 2 is 1.23 bits per heavy atom. The highest BCUT2D eigenvalue weighted by molar-refractivity contribution is 5.89. The van der Waals surface area contributed by atoms with Crippen LogP contribution in [0.25, 0.3) is 10.4 Å². The summed E-state index contributed by atoms with van der Waals surface area (Å²) in [6, 6.07) is 15.4. The zero-order valence-corrected chi connectivity index (χ0v) is 32.3. The Bertz CT molecular complexity index is 1590. The summed E-state index contributed by atoms with van der Waals surface area (Å²) in [6.45, 7) is 5.91. The van der Waals surface area contributed by atoms with E-state index in [2.05, 4.69) is 10.0 Å². The van der Waals surface area contributed by atoms with Crippen LogP contribution in [0.15, 0.2) is 65.8 Å². The molecule has 2 aliphatic heterocycles. The molecule has 306 valence electrons. The van der Waals surface area contributed by atoms with Crippen molar-refractivity contribution in [2.75, 3.05) is 33.5 Å². The predicted molar refractivity (Wildman–Crippen MR) is 196 cm³/mol. The van der Waals surface area contributed by atoms with E-state index in [1.807, 2.05) is 13.8 Å². The topological polar surface area (TPSA) is 209 Å². The van der Waals surface area contributed by atoms with Crippen molar-refractivity contribution in [1.82, 2.24) is 0 Å². The highest BCUT2D eigenvalue weighted by atomic mass is 16.8. The van der Waals surface area contributed by atoms with Gasteiger partial charge in [-0.05, 0) is 42.6 Å². The molecule has 17 nitrogen and oxygen atoms in total. The molecule has 0 aliphatic carbocycles. The largest absolute Gasteiger partial charge is 0.463 e. The summed E-state index contributed by atoms with van der Waals surface area (Å²) in [7, 11) is 1.36. The van der Waals surface area contributed by atoms with Crippen LogP contribution in [-0.2, 0) is 57.0 Å². The number of hydrogen-bond acceptors (Lipinski definition) is 15. The zero-order valence-electron chi connectivity index (χ0n) is 32.3. The van der Waals surface area contributed by atoms with Crippen molar-refractivity contribution >= 4 is 23.9 Å². The normalized spacial score (nSPS) is 27.3. The number of carbonyl (C=O) groups excluding carboxylic acids is 4. The minimum absolute atomic E-state index is 0.160. The van der Waals surface area contributed by atoms with E-state index in [9.17, 15) is 24.7 Å². The van der Waals surface area contributed by atoms with Gasteiger partial charge in [-0.1, -0.05) is 68.2 Å². The lowest BCUT2D eigenvalue weighted by Crippen LogP contribution is -2.66. The van der Waals surface area contributed by atoms with Crippen LogP contribution in [0, 0.1) is 0 Å². The lowest BCUT2D eigenvalue weighted by molar-refractivity contribution is -0.350. The zero-order chi connectivity index (χ0) is 40.5. The Morgan fingerprint density at radius 1 is 0.679 bits per heavy atom. The number of azide groups is 1. The summed E-state index contributed by atoms with van der Waals surface area (Å²) in [4.78, 5) is 54.4. The van der Waals surface area contributed by atoms with Gasteiger partial charge in [-0.3, -0.25) is 9.59 Å². The second kappa shape index (κ2) is 22.8. The molecule has 0 spiro atoms. The second-order valence-electron chi connectivity index (χ2n) is 13.1. The average Bonchev–Trinajstić information content (AvgIpc) is 3.19. The summed E-state index contributed by atoms with van der Waals surface area (Å²) >= 11 is 0. The van der Waals surface area contributed by atoms with Gasteiger partial charge in [-0.15, -0.1) is 0 Å². The number of carbonyl (C=O) groups is 4. The minimum Gasteiger partial charge on any atom is -0.463 e. The highest BCUT2D eigenvalue weighted by Crippen LogP contribution is 2.36. The van der Waals surface area contributed by atoms with Gasteiger partial charge in [0.1, 0.15) is 43.7 Å². The molecule has 0 radical (unpaired) electrons. The van der Waals surface area contributed by atoms with E-state index < -0.39 is 91.8 Å². The third-order valence-electron chi connectivity index (χ3n) is 8.92. The molecule has 10 atom stereocenters. The smallest absolute Gasteiger partial charge is 0.338 e. The first kappa shape index (κ1) is 44.1. The Labute approximate surface area is 325 Å². The van der Waals surface area contributed by atoms with E-state index >= 15 is 0 Å². The maximum absolute atomic E-state index is 13.7. The van der Waals surface area contributed by atoms with E-state index in [1.165, 1.54) is 21.0 Å². The molecule has 2 aromatic carbocycles. The fraction of sp³-hybridized carbons (Fsp3) is 0.590. The average molecular weight is 786 g/mol. The van der Waals surface area contributed by atoms with Gasteiger partial charge in [0.25, 0.3) is 0 Å². The molecule has 4 rings (SSSR count). The van der Waals surface area contributed by atoms with Crippen molar-refractivity contribution in [3.05, 3.63) is 82.2 Å². The predicted octanol–water partition coefficient (Wildman–Crippen LogP) is 5.09. The number of ether oxygens (including phenoxy) is 10. The molecule has 2 fully saturated rings. The molecule has 0 amide bonds. The van der Waals surface area contributed by atoms with Gasteiger partial charge < -0.3 is 47.4 Å². The van der Waals surface area contributed by atoms with E-state index in [0.717, 1.165) is 12.8 Å². The van der Waals surface area contributed by atoms with Gasteiger partial charge >= 0.3 is 23.9 Å². The van der Waals surface area contributed by atoms with E-state index in [4.69, 9.17) is 47.4 Å². The minimum atomic E-state index is -1.55. The highest BCUT2D eigenvalue weighted by Gasteiger charge is 2.55. The van der Waals surface area contributed by atoms with Gasteiger partial charge in [0, 0.05) is 39.1 Å². The van der Waals surface area contributed by atoms with Crippen molar-refractivity contribution in [3.63, 3.8) is 0 Å². The van der Waals surface area contributed by atoms with E-state index in [-0.39, 0.29) is 30.9 Å². The van der Waals surface area contributed by atoms with Crippen LogP contribution in [0.5, 0.6) is 0 Å². The lowest BCUT2D eigenvalue weighted by atomic mass is 9.95. The molecular formula is C39H51N3O14. The standard InChI is InChI=1S/C39H51N3O14/c1-6-8-20-48-33-30(41-42-40)38(47-5)53-29(23-51-36(45)26-16-12-10-13-17-26)31(33)56-39-35(55-37(46)27-18-14-11-15-19-27)34(49-21-9-7-2)32(52-25(4)44)28(54-39)22-50-24(3)43/h10-19,28-35,38-39H,6-9,20-23H2,1-5H3/t28?,29?,30?,31-,32-,33-,34?,35+,38+,39+/m1/s1. The monoisotopic (exact) mass is 785 g/mol. The fourth-order valence-corrected chi connectivity index (χ4v) is 6.19. The molecule has 4 unspecified atom stereocenters. The molecular weight excluding hydrogens is 734 g/mol. The van der Waals surface area contributed by atoms with Gasteiger partial charge in [-0.25, -0.2) is 9.59 Å². The van der Waals surface area contributed by atoms with Crippen LogP contribution < -0.4 is 0 Å². The van der Waals surface area contributed by atoms with Gasteiger partial charge in [0.2, 0.25) is 0 Å². The van der Waals surface area contributed by atoms with Crippen LogP contribution in [0.2, 0.25) is 0 Å². The van der Waals surface area contributed by atoms with Crippen molar-refractivity contribution in [3.8, 4) is 0 Å². The van der Waals surface area contributed by atoms with Gasteiger partial charge in [-0.2, -0.15) is 0 Å². The van der Waals surface area contributed by atoms with Crippen LogP contribution in [0.3, 0.4) is 0 Å². The van der Waals surface area contributed by atoms with Crippen LogP contribution in [-0.4, -0.2) is 119 Å². The summed E-state index contributed by atoms with van der Waals surface area (Å²) in [6.07, 6.45) is -8.55. The third-order valence-corrected chi connectivity index (χ3v) is 8.92. The number of methoxy groups -OCH3 is 1. The number of esters is 4. The molecule has 17 heteroatoms. The second-order valence-corrected chi connectivity index (χ2v) is 13.1. The number of unbranched alkanes of at least 4 members (excludes halogenated alkanes) is 2. The Balaban J connectivity index is 1.82. The number of hydrogen-bond donors (Lipinski definition) is 0. The van der Waals surface area contributed by atoms with Crippen molar-refractivity contribution in [2.24, 2.45) is 5.11 Å². The van der Waals surface area contributed by atoms with Gasteiger partial charge in [0.15, 0.2) is 24.8 Å². The molecule has 0 bridgehead atoms. The SMILES string of the molecule is CCCCOC1[C@H](OC(C)=O)C(COC(C)=O)O[C@@H](O[C@@H]2C(COC(=O)c3ccccc3)O[C@H](OC)C(N=[N+]=[N-])[C@H]2OCCCC)[C@H]1OC(=O)c1ccccc1. The first-order valence-electron chi connectivity index (χ1n) is 18.7. The quantitative estimate of drug-likeness (QED) is 0.0428. The Morgan fingerprint density at radius 3 is 1.79 bits per heavy atom. The summed E-state index contributed by atoms with van der Waals surface area (Å²) in [5.41, 5.74) is 10.1. The van der Waals surface area contributed by atoms with Crippen molar-refractivity contribution in [1.29, 1.82) is 0 Å². The van der Waals surface area contributed by atoms with Gasteiger partial charge in [0.05, 0.1) is 17.2 Å². The fourth-order valence-electron chi connectivity index (χ4n) is 6.19. The molecule has 2 aliphatic rings. The maximum atomic E-state index is 13.7. The number of nitrogens with zero attached hydrogens (tertiary/aromatic N) is 3. The van der Waals surface area contributed by atoms with E-state index in [0.29, 0.717) is 12.8 Å². The van der Waals surface area contributed by atoms with Crippen molar-refractivity contribution in [2.45, 2.75) is 115 Å².